The molecular weight excluding hydrogens is 358 g/mol. The normalized spacial score (nSPS) is 12.3. The van der Waals surface area contributed by atoms with Crippen LogP contribution in [0, 0.1) is 6.92 Å². The van der Waals surface area contributed by atoms with Gasteiger partial charge >= 0.3 is 0 Å². The summed E-state index contributed by atoms with van der Waals surface area (Å²) >= 11 is 0. The summed E-state index contributed by atoms with van der Waals surface area (Å²) in [5, 5.41) is 12.0. The molecule has 1 atom stereocenters. The predicted molar refractivity (Wildman–Crippen MR) is 121 cm³/mol. The smallest absolute Gasteiger partial charge is 0.262 e. The summed E-state index contributed by atoms with van der Waals surface area (Å²) in [6.45, 7) is 3.84. The Kier molecular flexibility index (Phi) is 5.25. The summed E-state index contributed by atoms with van der Waals surface area (Å²) in [6.07, 6.45) is 1.74. The van der Waals surface area contributed by atoms with Gasteiger partial charge in [0.25, 0.3) is 5.91 Å². The number of amides is 1. The van der Waals surface area contributed by atoms with Gasteiger partial charge in [0, 0.05) is 11.3 Å². The molecule has 0 aliphatic heterocycles. The lowest BCUT2D eigenvalue weighted by atomic mass is 9.97. The highest BCUT2D eigenvalue weighted by Gasteiger charge is 2.12. The van der Waals surface area contributed by atoms with Crippen molar-refractivity contribution in [2.24, 2.45) is 5.10 Å². The van der Waals surface area contributed by atoms with Crippen LogP contribution in [0.15, 0.2) is 84.0 Å². The topological polar surface area (TPSA) is 53.5 Å². The molecule has 4 heteroatoms. The van der Waals surface area contributed by atoms with Gasteiger partial charge in [-0.3, -0.25) is 4.79 Å². The maximum absolute atomic E-state index is 12.5. The lowest BCUT2D eigenvalue weighted by molar-refractivity contribution is -0.121. The molecule has 4 aromatic carbocycles. The molecule has 0 fully saturated rings. The van der Waals surface area contributed by atoms with Crippen LogP contribution in [0.4, 0.5) is 5.69 Å². The van der Waals surface area contributed by atoms with Crippen LogP contribution < -0.4 is 10.7 Å². The molecule has 0 bridgehead atoms. The average Bonchev–Trinajstić information content (AvgIpc) is 2.73. The van der Waals surface area contributed by atoms with E-state index in [1.165, 1.54) is 0 Å². The van der Waals surface area contributed by atoms with E-state index in [9.17, 15) is 4.79 Å². The molecule has 4 aromatic rings. The molecule has 0 saturated carbocycles. The van der Waals surface area contributed by atoms with E-state index in [0.717, 1.165) is 38.4 Å². The first-order valence-electron chi connectivity index (χ1n) is 9.68. The van der Waals surface area contributed by atoms with E-state index in [0.29, 0.717) is 0 Å². The van der Waals surface area contributed by atoms with Gasteiger partial charge in [0.15, 0.2) is 0 Å². The first kappa shape index (κ1) is 18.7. The Bertz CT molecular complexity index is 1160. The van der Waals surface area contributed by atoms with Crippen LogP contribution in [0.3, 0.4) is 0 Å². The van der Waals surface area contributed by atoms with Crippen LogP contribution in [0.1, 0.15) is 18.1 Å². The van der Waals surface area contributed by atoms with Gasteiger partial charge in [-0.05, 0) is 59.2 Å². The zero-order valence-electron chi connectivity index (χ0n) is 16.5. The maximum atomic E-state index is 12.5. The molecule has 2 N–H and O–H groups in total. The monoisotopic (exact) mass is 381 g/mol. The van der Waals surface area contributed by atoms with E-state index >= 15 is 0 Å². The van der Waals surface area contributed by atoms with Crippen molar-refractivity contribution in [2.45, 2.75) is 19.9 Å². The van der Waals surface area contributed by atoms with Crippen molar-refractivity contribution in [1.82, 2.24) is 5.43 Å². The molecular formula is C25H23N3O. The highest BCUT2D eigenvalue weighted by Crippen LogP contribution is 2.27. The quantitative estimate of drug-likeness (QED) is 0.282. The summed E-state index contributed by atoms with van der Waals surface area (Å²) in [7, 11) is 0. The Balaban J connectivity index is 1.55. The van der Waals surface area contributed by atoms with Crippen LogP contribution in [0.5, 0.6) is 0 Å². The fourth-order valence-corrected chi connectivity index (χ4v) is 3.50. The van der Waals surface area contributed by atoms with Crippen molar-refractivity contribution in [3.05, 3.63) is 90.0 Å². The molecule has 144 valence electrons. The van der Waals surface area contributed by atoms with Gasteiger partial charge in [-0.25, -0.2) is 5.43 Å². The van der Waals surface area contributed by atoms with E-state index < -0.39 is 6.04 Å². The van der Waals surface area contributed by atoms with Gasteiger partial charge in [0.2, 0.25) is 0 Å². The molecule has 4 rings (SSSR count). The van der Waals surface area contributed by atoms with Crippen LogP contribution >= 0.6 is 0 Å². The Labute approximate surface area is 170 Å². The lowest BCUT2D eigenvalue weighted by Gasteiger charge is -2.14. The van der Waals surface area contributed by atoms with Gasteiger partial charge in [-0.15, -0.1) is 0 Å². The lowest BCUT2D eigenvalue weighted by Crippen LogP contribution is -2.34. The summed E-state index contributed by atoms with van der Waals surface area (Å²) < 4.78 is 0. The van der Waals surface area contributed by atoms with Crippen LogP contribution in [0.2, 0.25) is 0 Å². The Morgan fingerprint density at radius 1 is 0.897 bits per heavy atom. The van der Waals surface area contributed by atoms with Gasteiger partial charge < -0.3 is 5.32 Å². The van der Waals surface area contributed by atoms with Crippen LogP contribution in [0.25, 0.3) is 21.5 Å². The summed E-state index contributed by atoms with van der Waals surface area (Å²) in [5.41, 5.74) is 5.72. The van der Waals surface area contributed by atoms with Crippen molar-refractivity contribution >= 4 is 39.4 Å². The minimum absolute atomic E-state index is 0.188. The fourth-order valence-electron chi connectivity index (χ4n) is 3.50. The molecule has 0 heterocycles. The van der Waals surface area contributed by atoms with E-state index in [4.69, 9.17) is 0 Å². The average molecular weight is 381 g/mol. The van der Waals surface area contributed by atoms with E-state index in [1.807, 2.05) is 62.4 Å². The van der Waals surface area contributed by atoms with Crippen molar-refractivity contribution in [1.29, 1.82) is 0 Å². The third-order valence-corrected chi connectivity index (χ3v) is 4.98. The van der Waals surface area contributed by atoms with Gasteiger partial charge in [0.1, 0.15) is 6.04 Å². The zero-order valence-corrected chi connectivity index (χ0v) is 16.5. The minimum Gasteiger partial charge on any atom is -0.374 e. The number of aryl methyl sites for hydroxylation is 1. The van der Waals surface area contributed by atoms with E-state index in [2.05, 4.69) is 46.2 Å². The molecule has 0 aromatic heterocycles. The molecule has 29 heavy (non-hydrogen) atoms. The van der Waals surface area contributed by atoms with Gasteiger partial charge in [-0.2, -0.15) is 5.10 Å². The SMILES string of the molecule is Cc1cccc(NC(C)C(=O)N/N=C/c2c3ccccc3cc3ccccc23)c1. The van der Waals surface area contributed by atoms with E-state index in [-0.39, 0.29) is 5.91 Å². The molecule has 0 radical (unpaired) electrons. The second kappa shape index (κ2) is 8.15. The number of nitrogens with zero attached hydrogens (tertiary/aromatic N) is 1. The highest BCUT2D eigenvalue weighted by atomic mass is 16.2. The van der Waals surface area contributed by atoms with Crippen molar-refractivity contribution in [3.63, 3.8) is 0 Å². The fraction of sp³-hybridized carbons (Fsp3) is 0.120. The molecule has 1 unspecified atom stereocenters. The highest BCUT2D eigenvalue weighted by molar-refractivity contribution is 6.13. The second-order valence-electron chi connectivity index (χ2n) is 7.20. The first-order chi connectivity index (χ1) is 14.1. The molecule has 4 nitrogen and oxygen atoms in total. The van der Waals surface area contributed by atoms with Crippen molar-refractivity contribution < 1.29 is 4.79 Å². The molecule has 1 amide bonds. The minimum atomic E-state index is -0.404. The standard InChI is InChI=1S/C25H23N3O/c1-17-8-7-11-21(14-17)27-18(2)25(29)28-26-16-24-22-12-5-3-9-19(22)15-20-10-4-6-13-23(20)24/h3-16,18,27H,1-2H3,(H,28,29)/b26-16+. The number of hydrazone groups is 1. The number of benzene rings is 4. The Hall–Kier alpha value is -3.66. The number of nitrogens with one attached hydrogen (secondary N) is 2. The number of hydrogen-bond donors (Lipinski definition) is 2. The van der Waals surface area contributed by atoms with Crippen LogP contribution in [-0.4, -0.2) is 18.2 Å². The first-order valence-corrected chi connectivity index (χ1v) is 9.68. The number of carbonyl (C=O) groups excluding carboxylic acids is 1. The summed E-state index contributed by atoms with van der Waals surface area (Å²) in [4.78, 5) is 12.5. The Morgan fingerprint density at radius 2 is 1.55 bits per heavy atom. The largest absolute Gasteiger partial charge is 0.374 e. The molecule has 0 aliphatic rings. The number of fused-ring (bicyclic) bond motifs is 2. The molecule has 0 spiro atoms. The summed E-state index contributed by atoms with van der Waals surface area (Å²) in [6, 6.07) is 26.1. The second-order valence-corrected chi connectivity index (χ2v) is 7.20. The van der Waals surface area contributed by atoms with Crippen molar-refractivity contribution in [2.75, 3.05) is 5.32 Å². The zero-order chi connectivity index (χ0) is 20.2. The third-order valence-electron chi connectivity index (χ3n) is 4.98. The Morgan fingerprint density at radius 3 is 2.21 bits per heavy atom. The number of rotatable bonds is 5. The summed E-state index contributed by atoms with van der Waals surface area (Å²) in [5.74, 6) is -0.188. The van der Waals surface area contributed by atoms with E-state index in [1.54, 1.807) is 6.21 Å². The van der Waals surface area contributed by atoms with Crippen molar-refractivity contribution in [3.8, 4) is 0 Å². The maximum Gasteiger partial charge on any atom is 0.262 e. The number of anilines is 1. The predicted octanol–water partition coefficient (Wildman–Crippen LogP) is 5.25. The molecule has 0 saturated heterocycles. The van der Waals surface area contributed by atoms with Crippen LogP contribution in [-0.2, 0) is 4.79 Å². The molecule has 0 aliphatic carbocycles. The van der Waals surface area contributed by atoms with Gasteiger partial charge in [-0.1, -0.05) is 60.7 Å². The third kappa shape index (κ3) is 4.11. The van der Waals surface area contributed by atoms with Gasteiger partial charge in [0.05, 0.1) is 6.21 Å². The number of carbonyl (C=O) groups is 1. The number of hydrogen-bond acceptors (Lipinski definition) is 3.